The van der Waals surface area contributed by atoms with Gasteiger partial charge in [0.1, 0.15) is 16.5 Å². The maximum absolute atomic E-state index is 11.7. The smallest absolute Gasteiger partial charge is 0.319 e. The summed E-state index contributed by atoms with van der Waals surface area (Å²) in [7, 11) is 1.62. The topological polar surface area (TPSA) is 90.0 Å². The van der Waals surface area contributed by atoms with Crippen molar-refractivity contribution in [2.45, 2.75) is 24.3 Å². The number of benzene rings is 1. The molecule has 23 heavy (non-hydrogen) atoms. The first-order chi connectivity index (χ1) is 11.1. The molecule has 2 heterocycles. The maximum atomic E-state index is 11.7. The second-order valence-corrected chi connectivity index (χ2v) is 6.15. The van der Waals surface area contributed by atoms with E-state index in [1.165, 1.54) is 11.8 Å². The minimum absolute atomic E-state index is 0.289. The molecule has 0 spiro atoms. The number of nitrogens with one attached hydrogen (secondary N) is 1. The summed E-state index contributed by atoms with van der Waals surface area (Å²) in [6.07, 6.45) is 0. The summed E-state index contributed by atoms with van der Waals surface area (Å²) in [5.74, 6) is 0.456. The molecule has 1 atom stereocenters. The van der Waals surface area contributed by atoms with Crippen LogP contribution in [-0.4, -0.2) is 45.1 Å². The van der Waals surface area contributed by atoms with Gasteiger partial charge in [0.2, 0.25) is 5.16 Å². The Bertz CT molecular complexity index is 864. The number of aromatic amines is 1. The van der Waals surface area contributed by atoms with Crippen LogP contribution in [-0.2, 0) is 9.53 Å². The van der Waals surface area contributed by atoms with Crippen LogP contribution < -0.4 is 4.74 Å². The molecule has 0 aliphatic rings. The predicted octanol–water partition coefficient (Wildman–Crippen LogP) is 2.56. The van der Waals surface area contributed by atoms with E-state index in [-0.39, 0.29) is 5.97 Å². The van der Waals surface area contributed by atoms with Gasteiger partial charge in [-0.3, -0.25) is 4.79 Å². The van der Waals surface area contributed by atoms with Crippen molar-refractivity contribution >= 4 is 39.8 Å². The van der Waals surface area contributed by atoms with Crippen molar-refractivity contribution in [2.75, 3.05) is 13.7 Å². The van der Waals surface area contributed by atoms with E-state index in [0.717, 1.165) is 16.7 Å². The molecular weight excluding hydrogens is 316 g/mol. The number of esters is 1. The third kappa shape index (κ3) is 3.07. The number of carbonyl (C=O) groups excluding carboxylic acids is 1. The highest BCUT2D eigenvalue weighted by Crippen LogP contribution is 2.28. The molecule has 0 aliphatic carbocycles. The second-order valence-electron chi connectivity index (χ2n) is 4.84. The summed E-state index contributed by atoms with van der Waals surface area (Å²) in [6, 6.07) is 5.66. The normalized spacial score (nSPS) is 12.5. The molecular formula is C15H16N4O3S. The Balaban J connectivity index is 1.93. The lowest BCUT2D eigenvalue weighted by molar-refractivity contribution is -0.142. The van der Waals surface area contributed by atoms with Gasteiger partial charge in [0.25, 0.3) is 0 Å². The Labute approximate surface area is 136 Å². The van der Waals surface area contributed by atoms with Gasteiger partial charge in [-0.25, -0.2) is 4.98 Å². The zero-order valence-electron chi connectivity index (χ0n) is 13.0. The van der Waals surface area contributed by atoms with Crippen molar-refractivity contribution in [2.24, 2.45) is 0 Å². The molecule has 2 aromatic heterocycles. The van der Waals surface area contributed by atoms with Crippen LogP contribution in [0.25, 0.3) is 22.1 Å². The van der Waals surface area contributed by atoms with Gasteiger partial charge in [0, 0.05) is 10.9 Å². The van der Waals surface area contributed by atoms with Gasteiger partial charge in [-0.05, 0) is 32.0 Å². The number of H-pyrrole nitrogens is 1. The maximum Gasteiger partial charge on any atom is 0.319 e. The number of hydrogen-bond acceptors (Lipinski definition) is 7. The highest BCUT2D eigenvalue weighted by atomic mass is 32.2. The van der Waals surface area contributed by atoms with Gasteiger partial charge in [-0.15, -0.1) is 10.2 Å². The van der Waals surface area contributed by atoms with Gasteiger partial charge in [0.05, 0.1) is 13.7 Å². The lowest BCUT2D eigenvalue weighted by atomic mass is 10.2. The number of nitrogens with zero attached hydrogens (tertiary/aromatic N) is 3. The molecule has 0 saturated carbocycles. The van der Waals surface area contributed by atoms with E-state index < -0.39 is 5.25 Å². The molecule has 0 radical (unpaired) electrons. The van der Waals surface area contributed by atoms with Crippen molar-refractivity contribution in [3.63, 3.8) is 0 Å². The van der Waals surface area contributed by atoms with Crippen LogP contribution in [0.15, 0.2) is 23.4 Å². The van der Waals surface area contributed by atoms with Crippen LogP contribution in [0.3, 0.4) is 0 Å². The molecule has 1 aromatic carbocycles. The first kappa shape index (κ1) is 15.5. The Morgan fingerprint density at radius 1 is 1.39 bits per heavy atom. The Hall–Kier alpha value is -2.35. The van der Waals surface area contributed by atoms with Gasteiger partial charge in [0.15, 0.2) is 5.65 Å². The van der Waals surface area contributed by atoms with Crippen LogP contribution in [0.1, 0.15) is 13.8 Å². The average molecular weight is 332 g/mol. The Kier molecular flexibility index (Phi) is 4.33. The Morgan fingerprint density at radius 3 is 2.96 bits per heavy atom. The van der Waals surface area contributed by atoms with Crippen LogP contribution in [0.4, 0.5) is 0 Å². The summed E-state index contributed by atoms with van der Waals surface area (Å²) < 4.78 is 10.2. The van der Waals surface area contributed by atoms with Crippen molar-refractivity contribution in [3.05, 3.63) is 18.2 Å². The number of carbonyl (C=O) groups is 1. The van der Waals surface area contributed by atoms with Gasteiger partial charge in [-0.1, -0.05) is 11.8 Å². The summed E-state index contributed by atoms with van der Waals surface area (Å²) in [6.45, 7) is 3.89. The predicted molar refractivity (Wildman–Crippen MR) is 87.7 cm³/mol. The molecule has 0 aliphatic heterocycles. The molecule has 8 heteroatoms. The van der Waals surface area contributed by atoms with E-state index in [0.29, 0.717) is 22.9 Å². The highest BCUT2D eigenvalue weighted by Gasteiger charge is 2.18. The first-order valence-corrected chi connectivity index (χ1v) is 8.03. The van der Waals surface area contributed by atoms with E-state index in [4.69, 9.17) is 9.47 Å². The second kappa shape index (κ2) is 6.41. The first-order valence-electron chi connectivity index (χ1n) is 7.15. The minimum atomic E-state index is -0.390. The number of hydrogen-bond donors (Lipinski definition) is 1. The van der Waals surface area contributed by atoms with Crippen molar-refractivity contribution < 1.29 is 14.3 Å². The number of fused-ring (bicyclic) bond motifs is 3. The molecule has 0 fully saturated rings. The van der Waals surface area contributed by atoms with Crippen molar-refractivity contribution in [3.8, 4) is 5.75 Å². The molecule has 7 nitrogen and oxygen atoms in total. The molecule has 0 bridgehead atoms. The molecule has 1 unspecified atom stereocenters. The van der Waals surface area contributed by atoms with E-state index >= 15 is 0 Å². The van der Waals surface area contributed by atoms with Crippen molar-refractivity contribution in [1.82, 2.24) is 20.2 Å². The van der Waals surface area contributed by atoms with Crippen LogP contribution in [0, 0.1) is 0 Å². The van der Waals surface area contributed by atoms with Crippen LogP contribution in [0.5, 0.6) is 5.75 Å². The zero-order chi connectivity index (χ0) is 16.4. The van der Waals surface area contributed by atoms with Crippen molar-refractivity contribution in [1.29, 1.82) is 0 Å². The third-order valence-corrected chi connectivity index (χ3v) is 4.23. The van der Waals surface area contributed by atoms with E-state index in [9.17, 15) is 4.79 Å². The standard InChI is InChI=1S/C15H16N4O3S/c1-4-22-14(20)8(2)23-15-17-13-12(18-19-15)10-7-9(21-3)5-6-11(10)16-13/h5-8H,4H2,1-3H3,(H,16,17,19). The van der Waals surface area contributed by atoms with Crippen LogP contribution in [0.2, 0.25) is 0 Å². The summed E-state index contributed by atoms with van der Waals surface area (Å²) in [5.41, 5.74) is 2.21. The minimum Gasteiger partial charge on any atom is -0.497 e. The highest BCUT2D eigenvalue weighted by molar-refractivity contribution is 8.00. The molecule has 120 valence electrons. The molecule has 3 aromatic rings. The molecule has 1 N–H and O–H groups in total. The number of rotatable bonds is 5. The monoisotopic (exact) mass is 332 g/mol. The fraction of sp³-hybridized carbons (Fsp3) is 0.333. The van der Waals surface area contributed by atoms with E-state index in [1.807, 2.05) is 18.2 Å². The molecule has 3 rings (SSSR count). The number of thioether (sulfide) groups is 1. The van der Waals surface area contributed by atoms with Gasteiger partial charge < -0.3 is 14.5 Å². The largest absolute Gasteiger partial charge is 0.497 e. The number of ether oxygens (including phenoxy) is 2. The van der Waals surface area contributed by atoms with E-state index in [2.05, 4.69) is 20.2 Å². The average Bonchev–Trinajstić information content (AvgIpc) is 2.91. The van der Waals surface area contributed by atoms with Crippen LogP contribution >= 0.6 is 11.8 Å². The van der Waals surface area contributed by atoms with Gasteiger partial charge >= 0.3 is 5.97 Å². The molecule has 0 saturated heterocycles. The van der Waals surface area contributed by atoms with E-state index in [1.54, 1.807) is 21.0 Å². The lowest BCUT2D eigenvalue weighted by Crippen LogP contribution is -2.17. The quantitative estimate of drug-likeness (QED) is 0.567. The Morgan fingerprint density at radius 2 is 2.22 bits per heavy atom. The fourth-order valence-corrected chi connectivity index (χ4v) is 2.89. The number of methoxy groups -OCH3 is 1. The number of aromatic nitrogens is 4. The third-order valence-electron chi connectivity index (χ3n) is 3.30. The zero-order valence-corrected chi connectivity index (χ0v) is 13.8. The lowest BCUT2D eigenvalue weighted by Gasteiger charge is -2.08. The fourth-order valence-electron chi connectivity index (χ4n) is 2.18. The summed E-state index contributed by atoms with van der Waals surface area (Å²) >= 11 is 1.22. The summed E-state index contributed by atoms with van der Waals surface area (Å²) in [4.78, 5) is 19.3. The SMILES string of the molecule is CCOC(=O)C(C)Sc1nnc2c(n1)[nH]c1ccc(OC)cc12. The van der Waals surface area contributed by atoms with Gasteiger partial charge in [-0.2, -0.15) is 0 Å². The molecule has 0 amide bonds. The summed E-state index contributed by atoms with van der Waals surface area (Å²) in [5, 5.41) is 9.27.